The van der Waals surface area contributed by atoms with Gasteiger partial charge in [-0.2, -0.15) is 9.65 Å². The zero-order chi connectivity index (χ0) is 25.2. The summed E-state index contributed by atoms with van der Waals surface area (Å²) in [5.41, 5.74) is 5.49. The number of aliphatic carboxylic acids is 1. The molecule has 1 fully saturated rings. The third-order valence-corrected chi connectivity index (χ3v) is 6.96. The van der Waals surface area contributed by atoms with Gasteiger partial charge in [-0.25, -0.2) is 4.79 Å². The highest BCUT2D eigenvalue weighted by molar-refractivity contribution is 6.32. The third kappa shape index (κ3) is 4.30. The lowest BCUT2D eigenvalue weighted by Gasteiger charge is -2.32. The van der Waals surface area contributed by atoms with E-state index in [4.69, 9.17) is 16.7 Å². The topological polar surface area (TPSA) is 89.8 Å². The molecule has 0 amide bonds. The number of hydrogen-bond donors (Lipinski definition) is 2. The molecule has 1 heterocycles. The van der Waals surface area contributed by atoms with E-state index < -0.39 is 11.9 Å². The first kappa shape index (κ1) is 23.5. The molecule has 1 saturated carbocycles. The van der Waals surface area contributed by atoms with Gasteiger partial charge in [-0.15, -0.1) is 5.10 Å². The summed E-state index contributed by atoms with van der Waals surface area (Å²) in [7, 11) is 0. The van der Waals surface area contributed by atoms with E-state index in [0.29, 0.717) is 16.1 Å². The summed E-state index contributed by atoms with van der Waals surface area (Å²) in [6.07, 6.45) is 5.65. The second kappa shape index (κ2) is 9.80. The lowest BCUT2D eigenvalue weighted by Crippen LogP contribution is -2.15. The average molecular weight is 498 g/mol. The highest BCUT2D eigenvalue weighted by atomic mass is 35.5. The molecular weight excluding hydrogens is 477 g/mol. The van der Waals surface area contributed by atoms with Crippen LogP contribution in [0.2, 0.25) is 5.02 Å². The van der Waals surface area contributed by atoms with E-state index in [1.807, 2.05) is 54.6 Å². The van der Waals surface area contributed by atoms with Crippen LogP contribution in [0.25, 0.3) is 28.1 Å². The number of hydrogen-bond acceptors (Lipinski definition) is 3. The van der Waals surface area contributed by atoms with E-state index in [9.17, 15) is 14.4 Å². The molecule has 5 nitrogen and oxygen atoms in total. The van der Waals surface area contributed by atoms with Gasteiger partial charge in [-0.1, -0.05) is 66.6 Å². The maximum atomic E-state index is 14.7. The Morgan fingerprint density at radius 2 is 1.86 bits per heavy atom. The number of nitrogens with one attached hydrogen (secondary N) is 1. The zero-order valence-electron chi connectivity index (χ0n) is 19.1. The predicted octanol–water partition coefficient (Wildman–Crippen LogP) is 7.08. The van der Waals surface area contributed by atoms with Crippen molar-refractivity contribution >= 4 is 45.7 Å². The van der Waals surface area contributed by atoms with Crippen molar-refractivity contribution in [3.63, 3.8) is 0 Å². The quantitative estimate of drug-likeness (QED) is 0.220. The molecule has 1 aliphatic rings. The maximum Gasteiger partial charge on any atom is 0.328 e. The summed E-state index contributed by atoms with van der Waals surface area (Å²) in [5.74, 6) is -1.53. The van der Waals surface area contributed by atoms with Crippen molar-refractivity contribution in [1.29, 1.82) is 5.26 Å². The fourth-order valence-electron chi connectivity index (χ4n) is 4.72. The number of halogens is 2. The number of benzene rings is 3. The first-order valence-corrected chi connectivity index (χ1v) is 11.9. The molecule has 0 bridgehead atoms. The largest absolute Gasteiger partial charge is 0.478 e. The molecule has 1 aliphatic carbocycles. The fraction of sp³-hybridized carbons (Fsp3) is 0.138. The Bertz CT molecular complexity index is 1570. The Balaban J connectivity index is 1.83. The second-order valence-electron chi connectivity index (χ2n) is 8.73. The maximum absolute atomic E-state index is 14.7. The average Bonchev–Trinajstić information content (AvgIpc) is 3.23. The van der Waals surface area contributed by atoms with Crippen LogP contribution in [-0.4, -0.2) is 21.3 Å². The number of aromatic amines is 1. The van der Waals surface area contributed by atoms with Gasteiger partial charge in [0.25, 0.3) is 0 Å². The van der Waals surface area contributed by atoms with Gasteiger partial charge < -0.3 is 5.11 Å². The molecule has 0 spiro atoms. The fourth-order valence-corrected chi connectivity index (χ4v) is 4.96. The van der Waals surface area contributed by atoms with Crippen molar-refractivity contribution in [3.8, 4) is 6.07 Å². The van der Waals surface area contributed by atoms with E-state index in [0.717, 1.165) is 53.2 Å². The van der Waals surface area contributed by atoms with Gasteiger partial charge in [-0.3, -0.25) is 5.10 Å². The summed E-state index contributed by atoms with van der Waals surface area (Å²) in [5, 5.41) is 26.2. The minimum Gasteiger partial charge on any atom is -0.478 e. The van der Waals surface area contributed by atoms with Gasteiger partial charge in [0.15, 0.2) is 0 Å². The monoisotopic (exact) mass is 497 g/mol. The Kier molecular flexibility index (Phi) is 6.41. The Hall–Kier alpha value is -4.21. The van der Waals surface area contributed by atoms with Crippen molar-refractivity contribution < 1.29 is 14.3 Å². The molecule has 1 aromatic heterocycles. The molecule has 178 valence electrons. The Morgan fingerprint density at radius 1 is 1.11 bits per heavy atom. The highest BCUT2D eigenvalue weighted by Gasteiger charge is 2.30. The van der Waals surface area contributed by atoms with Crippen LogP contribution in [0.4, 0.5) is 4.39 Å². The van der Waals surface area contributed by atoms with Gasteiger partial charge in [0.05, 0.1) is 16.5 Å². The SMILES string of the molecule is N#Cc1c(/C(=C(/c2ccccc2Cl)C2CCC2)c2ccc(/C=C/C(=O)O)cc2)ccc2[nH]nc(F)c12. The van der Waals surface area contributed by atoms with Gasteiger partial charge in [0.2, 0.25) is 5.95 Å². The van der Waals surface area contributed by atoms with E-state index in [2.05, 4.69) is 16.3 Å². The highest BCUT2D eigenvalue weighted by Crippen LogP contribution is 2.47. The molecule has 36 heavy (non-hydrogen) atoms. The lowest BCUT2D eigenvalue weighted by atomic mass is 9.72. The van der Waals surface area contributed by atoms with Gasteiger partial charge in [0, 0.05) is 16.7 Å². The van der Waals surface area contributed by atoms with Crippen molar-refractivity contribution in [2.24, 2.45) is 5.92 Å². The van der Waals surface area contributed by atoms with Crippen molar-refractivity contribution in [3.05, 3.63) is 106 Å². The standard InChI is InChI=1S/C29H21ClFN3O2/c30-23-7-2-1-6-21(23)27(18-4-3-5-18)26(19-11-8-17(9-12-19)10-15-25(35)36)20-13-14-24-28(22(20)16-32)29(31)34-33-24/h1-2,6-15,18H,3-5H2,(H,33,34)(H,35,36)/b15-10+,27-26+. The molecule has 0 saturated heterocycles. The summed E-state index contributed by atoms with van der Waals surface area (Å²) < 4.78 is 14.7. The molecular formula is C29H21ClFN3O2. The van der Waals surface area contributed by atoms with Crippen LogP contribution in [0.3, 0.4) is 0 Å². The molecule has 0 aliphatic heterocycles. The summed E-state index contributed by atoms with van der Waals surface area (Å²) >= 11 is 6.70. The van der Waals surface area contributed by atoms with Crippen molar-refractivity contribution in [2.75, 3.05) is 0 Å². The smallest absolute Gasteiger partial charge is 0.328 e. The molecule has 5 rings (SSSR count). The number of nitrogens with zero attached hydrogens (tertiary/aromatic N) is 2. The molecule has 0 atom stereocenters. The van der Waals surface area contributed by atoms with Crippen molar-refractivity contribution in [2.45, 2.75) is 19.3 Å². The first-order chi connectivity index (χ1) is 17.5. The minimum atomic E-state index is -1.03. The van der Waals surface area contributed by atoms with Crippen LogP contribution in [0, 0.1) is 23.2 Å². The summed E-state index contributed by atoms with van der Waals surface area (Å²) in [6, 6.07) is 20.8. The number of fused-ring (bicyclic) bond motifs is 1. The van der Waals surface area contributed by atoms with Crippen molar-refractivity contribution in [1.82, 2.24) is 10.2 Å². The lowest BCUT2D eigenvalue weighted by molar-refractivity contribution is -0.131. The summed E-state index contributed by atoms with van der Waals surface area (Å²) in [4.78, 5) is 10.9. The van der Waals surface area contributed by atoms with Gasteiger partial charge >= 0.3 is 5.97 Å². The molecule has 4 aromatic rings. The van der Waals surface area contributed by atoms with Crippen LogP contribution >= 0.6 is 11.6 Å². The van der Waals surface area contributed by atoms with E-state index in [1.54, 1.807) is 6.07 Å². The van der Waals surface area contributed by atoms with Crippen LogP contribution in [0.15, 0.2) is 66.7 Å². The van der Waals surface area contributed by atoms with Gasteiger partial charge in [-0.05, 0) is 64.8 Å². The van der Waals surface area contributed by atoms with Crippen LogP contribution in [-0.2, 0) is 4.79 Å². The van der Waals surface area contributed by atoms with E-state index >= 15 is 0 Å². The zero-order valence-corrected chi connectivity index (χ0v) is 19.9. The van der Waals surface area contributed by atoms with Crippen LogP contribution in [0.5, 0.6) is 0 Å². The number of allylic oxidation sites excluding steroid dienone is 1. The van der Waals surface area contributed by atoms with Crippen LogP contribution in [0.1, 0.15) is 47.1 Å². The number of carbonyl (C=O) groups is 1. The normalized spacial score (nSPS) is 14.5. The van der Waals surface area contributed by atoms with Crippen LogP contribution < -0.4 is 0 Å². The summed E-state index contributed by atoms with van der Waals surface area (Å²) in [6.45, 7) is 0. The first-order valence-electron chi connectivity index (χ1n) is 11.6. The molecule has 0 radical (unpaired) electrons. The number of carboxylic acids is 1. The third-order valence-electron chi connectivity index (χ3n) is 6.63. The number of carboxylic acid groups (broad SMARTS) is 1. The number of aromatic nitrogens is 2. The second-order valence-corrected chi connectivity index (χ2v) is 9.13. The number of H-pyrrole nitrogens is 1. The minimum absolute atomic E-state index is 0.153. The van der Waals surface area contributed by atoms with Gasteiger partial charge in [0.1, 0.15) is 6.07 Å². The number of rotatable bonds is 6. The predicted molar refractivity (Wildman–Crippen MR) is 139 cm³/mol. The van der Waals surface area contributed by atoms with E-state index in [-0.39, 0.29) is 16.9 Å². The molecule has 7 heteroatoms. The van der Waals surface area contributed by atoms with E-state index in [1.165, 1.54) is 6.08 Å². The molecule has 0 unspecified atom stereocenters. The molecule has 3 aromatic carbocycles. The Labute approximate surface area is 212 Å². The number of nitriles is 1. The Morgan fingerprint density at radius 3 is 2.50 bits per heavy atom. The molecule has 2 N–H and O–H groups in total.